The molecule has 0 fully saturated rings. The van der Waals surface area contributed by atoms with Gasteiger partial charge in [0.05, 0.1) is 13.2 Å². The zero-order valence-corrected chi connectivity index (χ0v) is 13.8. The first-order valence-corrected chi connectivity index (χ1v) is 8.43. The summed E-state index contributed by atoms with van der Waals surface area (Å²) in [6.07, 6.45) is 5.72. The lowest BCUT2D eigenvalue weighted by Gasteiger charge is -2.37. The van der Waals surface area contributed by atoms with E-state index in [2.05, 4.69) is 9.97 Å². The minimum absolute atomic E-state index is 0.116. The number of H-pyrrole nitrogens is 2. The minimum atomic E-state index is -0.311. The van der Waals surface area contributed by atoms with Gasteiger partial charge in [0.25, 0.3) is 0 Å². The highest BCUT2D eigenvalue weighted by molar-refractivity contribution is 5.93. The van der Waals surface area contributed by atoms with E-state index < -0.39 is 0 Å². The molecule has 24 heavy (non-hydrogen) atoms. The van der Waals surface area contributed by atoms with Gasteiger partial charge < -0.3 is 19.4 Å². The molecule has 2 aromatic heterocycles. The van der Waals surface area contributed by atoms with Crippen molar-refractivity contribution in [2.24, 2.45) is 0 Å². The standard InChI is InChI=1S/C18H20N2O4/c1-3-23-17(21)15-13-9-5-6-10(11(13)7-19-15)14-12(9)8-20-16(14)18(22)24-4-2/h7-10,19-20H,3-6H2,1-2H3/t9-,10-/m1/s1. The van der Waals surface area contributed by atoms with Crippen molar-refractivity contribution >= 4 is 11.9 Å². The monoisotopic (exact) mass is 328 g/mol. The van der Waals surface area contributed by atoms with Crippen LogP contribution in [0.5, 0.6) is 0 Å². The molecular formula is C18H20N2O4. The largest absolute Gasteiger partial charge is 0.461 e. The molecule has 0 amide bonds. The van der Waals surface area contributed by atoms with E-state index in [1.807, 2.05) is 12.4 Å². The highest BCUT2D eigenvalue weighted by atomic mass is 16.5. The van der Waals surface area contributed by atoms with Gasteiger partial charge in [-0.2, -0.15) is 0 Å². The summed E-state index contributed by atoms with van der Waals surface area (Å²) >= 11 is 0. The average molecular weight is 328 g/mol. The van der Waals surface area contributed by atoms with Crippen molar-refractivity contribution in [3.05, 3.63) is 46.0 Å². The summed E-state index contributed by atoms with van der Waals surface area (Å²) in [6, 6.07) is 0. The maximum Gasteiger partial charge on any atom is 0.355 e. The van der Waals surface area contributed by atoms with E-state index in [9.17, 15) is 9.59 Å². The Morgan fingerprint density at radius 2 is 1.33 bits per heavy atom. The second kappa shape index (κ2) is 5.54. The van der Waals surface area contributed by atoms with Gasteiger partial charge in [-0.25, -0.2) is 9.59 Å². The Balaban J connectivity index is 1.79. The predicted molar refractivity (Wildman–Crippen MR) is 86.4 cm³/mol. The van der Waals surface area contributed by atoms with Crippen LogP contribution >= 0.6 is 0 Å². The number of aromatic amines is 2. The van der Waals surface area contributed by atoms with E-state index in [0.29, 0.717) is 24.6 Å². The molecular weight excluding hydrogens is 308 g/mol. The lowest BCUT2D eigenvalue weighted by atomic mass is 9.65. The molecule has 6 heteroatoms. The van der Waals surface area contributed by atoms with Crippen molar-refractivity contribution in [3.8, 4) is 0 Å². The molecule has 0 unspecified atom stereocenters. The van der Waals surface area contributed by atoms with E-state index in [0.717, 1.165) is 35.1 Å². The first-order chi connectivity index (χ1) is 11.7. The fourth-order valence-corrected chi connectivity index (χ4v) is 4.22. The smallest absolute Gasteiger partial charge is 0.355 e. The van der Waals surface area contributed by atoms with Crippen molar-refractivity contribution in [3.63, 3.8) is 0 Å². The second-order valence-electron chi connectivity index (χ2n) is 6.19. The van der Waals surface area contributed by atoms with Crippen LogP contribution in [0.15, 0.2) is 12.4 Å². The maximum atomic E-state index is 12.2. The molecule has 126 valence electrons. The first-order valence-electron chi connectivity index (χ1n) is 8.43. The summed E-state index contributed by atoms with van der Waals surface area (Å²) in [6.45, 7) is 4.30. The van der Waals surface area contributed by atoms with Gasteiger partial charge >= 0.3 is 11.9 Å². The molecule has 0 aliphatic heterocycles. The molecule has 0 aromatic carbocycles. The summed E-state index contributed by atoms with van der Waals surface area (Å²) in [5.74, 6) is -0.391. The average Bonchev–Trinajstić information content (AvgIpc) is 3.22. The Kier molecular flexibility index (Phi) is 3.48. The fraction of sp³-hybridized carbons (Fsp3) is 0.444. The summed E-state index contributed by atoms with van der Waals surface area (Å²) < 4.78 is 10.3. The molecule has 5 rings (SSSR count). The van der Waals surface area contributed by atoms with Crippen molar-refractivity contribution in [1.82, 2.24) is 9.97 Å². The van der Waals surface area contributed by atoms with Crippen LogP contribution < -0.4 is 0 Å². The molecule has 0 radical (unpaired) electrons. The number of hydrogen-bond donors (Lipinski definition) is 2. The molecule has 2 heterocycles. The van der Waals surface area contributed by atoms with Crippen LogP contribution in [-0.2, 0) is 9.47 Å². The number of rotatable bonds is 4. The molecule has 2 aromatic rings. The van der Waals surface area contributed by atoms with Crippen molar-refractivity contribution in [2.45, 2.75) is 38.5 Å². The zero-order valence-electron chi connectivity index (χ0n) is 13.8. The third-order valence-corrected chi connectivity index (χ3v) is 5.06. The molecule has 2 bridgehead atoms. The van der Waals surface area contributed by atoms with E-state index in [1.165, 1.54) is 0 Å². The molecule has 6 nitrogen and oxygen atoms in total. The van der Waals surface area contributed by atoms with Gasteiger partial charge in [0.1, 0.15) is 11.4 Å². The highest BCUT2D eigenvalue weighted by Crippen LogP contribution is 2.54. The van der Waals surface area contributed by atoms with E-state index in [1.54, 1.807) is 13.8 Å². The van der Waals surface area contributed by atoms with Gasteiger partial charge in [-0.1, -0.05) is 0 Å². The number of fused-ring (bicyclic) bond motifs is 1. The molecule has 2 atom stereocenters. The number of carbonyl (C=O) groups excluding carboxylic acids is 2. The molecule has 3 aliphatic carbocycles. The maximum absolute atomic E-state index is 12.2. The van der Waals surface area contributed by atoms with E-state index in [-0.39, 0.29) is 23.8 Å². The Morgan fingerprint density at radius 3 is 1.71 bits per heavy atom. The molecule has 0 saturated heterocycles. The highest BCUT2D eigenvalue weighted by Gasteiger charge is 2.44. The van der Waals surface area contributed by atoms with Gasteiger partial charge in [-0.3, -0.25) is 0 Å². The quantitative estimate of drug-likeness (QED) is 0.845. The van der Waals surface area contributed by atoms with Crippen LogP contribution in [0.25, 0.3) is 0 Å². The van der Waals surface area contributed by atoms with Crippen molar-refractivity contribution in [1.29, 1.82) is 0 Å². The first kappa shape index (κ1) is 15.1. The van der Waals surface area contributed by atoms with Gasteiger partial charge in [0.15, 0.2) is 0 Å². The van der Waals surface area contributed by atoms with E-state index in [4.69, 9.17) is 9.47 Å². The third-order valence-electron chi connectivity index (χ3n) is 5.06. The minimum Gasteiger partial charge on any atom is -0.461 e. The number of esters is 2. The Hall–Kier alpha value is -2.50. The topological polar surface area (TPSA) is 84.2 Å². The number of nitrogens with one attached hydrogen (secondary N) is 2. The van der Waals surface area contributed by atoms with Crippen LogP contribution in [0.4, 0.5) is 0 Å². The fourth-order valence-electron chi connectivity index (χ4n) is 4.22. The van der Waals surface area contributed by atoms with Gasteiger partial charge in [-0.05, 0) is 48.9 Å². The van der Waals surface area contributed by atoms with Gasteiger partial charge in [-0.15, -0.1) is 0 Å². The lowest BCUT2D eigenvalue weighted by Crippen LogP contribution is -2.26. The Labute approximate surface area is 139 Å². The summed E-state index contributed by atoms with van der Waals surface area (Å²) in [7, 11) is 0. The molecule has 2 N–H and O–H groups in total. The molecule has 0 spiro atoms. The summed E-state index contributed by atoms with van der Waals surface area (Å²) in [5.41, 5.74) is 5.37. The van der Waals surface area contributed by atoms with Crippen LogP contribution in [0.2, 0.25) is 0 Å². The van der Waals surface area contributed by atoms with Crippen LogP contribution in [-0.4, -0.2) is 35.1 Å². The zero-order chi connectivity index (χ0) is 16.8. The van der Waals surface area contributed by atoms with Crippen molar-refractivity contribution < 1.29 is 19.1 Å². The molecule has 0 saturated carbocycles. The van der Waals surface area contributed by atoms with Gasteiger partial charge in [0.2, 0.25) is 0 Å². The summed E-state index contributed by atoms with van der Waals surface area (Å²) in [5, 5.41) is 0. The number of aromatic nitrogens is 2. The predicted octanol–water partition coefficient (Wildman–Crippen LogP) is 3.07. The SMILES string of the molecule is CCOC(=O)c1[nH]cc2c1[C@@H]1CC[C@H]2c2c1c[nH]c2C(=O)OCC. The van der Waals surface area contributed by atoms with Crippen LogP contribution in [0, 0.1) is 0 Å². The van der Waals surface area contributed by atoms with Crippen LogP contribution in [0.1, 0.15) is 81.8 Å². The van der Waals surface area contributed by atoms with Gasteiger partial charge in [0, 0.05) is 24.2 Å². The Bertz CT molecular complexity index is 749. The van der Waals surface area contributed by atoms with Crippen molar-refractivity contribution in [2.75, 3.05) is 13.2 Å². The third kappa shape index (κ3) is 1.95. The number of carbonyl (C=O) groups is 2. The Morgan fingerprint density at radius 1 is 0.917 bits per heavy atom. The van der Waals surface area contributed by atoms with Crippen LogP contribution in [0.3, 0.4) is 0 Å². The second-order valence-corrected chi connectivity index (χ2v) is 6.19. The van der Waals surface area contributed by atoms with E-state index >= 15 is 0 Å². The normalized spacial score (nSPS) is 20.4. The number of ether oxygens (including phenoxy) is 2. The summed E-state index contributed by atoms with van der Waals surface area (Å²) in [4.78, 5) is 30.7. The number of hydrogen-bond acceptors (Lipinski definition) is 4. The molecule has 3 aliphatic rings. The lowest BCUT2D eigenvalue weighted by molar-refractivity contribution is 0.0507.